The highest BCUT2D eigenvalue weighted by Crippen LogP contribution is 2.35. The number of hydrogen-bond donors (Lipinski definition) is 1. The van der Waals surface area contributed by atoms with Crippen LogP contribution in [0.1, 0.15) is 50.2 Å². The molecule has 3 heterocycles. The molecule has 8 nitrogen and oxygen atoms in total. The summed E-state index contributed by atoms with van der Waals surface area (Å²) < 4.78 is 15.6. The summed E-state index contributed by atoms with van der Waals surface area (Å²) in [6.07, 6.45) is 0.539. The zero-order chi connectivity index (χ0) is 30.5. The fourth-order valence-corrected chi connectivity index (χ4v) is 6.53. The number of thiophene rings is 1. The maximum atomic E-state index is 13.7. The van der Waals surface area contributed by atoms with Gasteiger partial charge >= 0.3 is 0 Å². The van der Waals surface area contributed by atoms with E-state index in [9.17, 15) is 14.0 Å². The van der Waals surface area contributed by atoms with Crippen LogP contribution < -0.4 is 5.32 Å². The molecule has 0 saturated heterocycles. The lowest BCUT2D eigenvalue weighted by atomic mass is 10.0. The first-order valence-corrected chi connectivity index (χ1v) is 15.9. The first kappa shape index (κ1) is 29.5. The van der Waals surface area contributed by atoms with Gasteiger partial charge in [-0.15, -0.1) is 21.5 Å². The van der Waals surface area contributed by atoms with Gasteiger partial charge in [0.25, 0.3) is 11.8 Å². The Kier molecular flexibility index (Phi) is 8.94. The lowest BCUT2D eigenvalue weighted by molar-refractivity contribution is -0.130. The Morgan fingerprint density at radius 3 is 2.57 bits per heavy atom. The van der Waals surface area contributed by atoms with Crippen LogP contribution in [0.5, 0.6) is 0 Å². The number of carbonyl (C=O) groups is 2. The molecule has 1 atom stereocenters. The van der Waals surface area contributed by atoms with Crippen LogP contribution in [0.25, 0.3) is 0 Å². The first-order valence-electron chi connectivity index (χ1n) is 14.1. The molecule has 2 aromatic heterocycles. The van der Waals surface area contributed by atoms with E-state index < -0.39 is 0 Å². The SMILES string of the molecule is Cc1cccc(C(=O)NCc2nnc(SCC(=O)N3N=C(c4cccs4)C[C@@H]3c3ccc(F)cc3)n2Cc2ccccc2)c1. The molecular weight excluding hydrogens is 596 g/mol. The average molecular weight is 625 g/mol. The largest absolute Gasteiger partial charge is 0.345 e. The highest BCUT2D eigenvalue weighted by atomic mass is 32.2. The Labute approximate surface area is 262 Å². The number of aryl methyl sites for hydroxylation is 1. The lowest BCUT2D eigenvalue weighted by Gasteiger charge is -2.22. The van der Waals surface area contributed by atoms with Gasteiger partial charge < -0.3 is 9.88 Å². The Morgan fingerprint density at radius 1 is 1.00 bits per heavy atom. The van der Waals surface area contributed by atoms with Crippen molar-refractivity contribution in [2.24, 2.45) is 5.10 Å². The van der Waals surface area contributed by atoms with Crippen LogP contribution in [0.3, 0.4) is 0 Å². The maximum absolute atomic E-state index is 13.7. The van der Waals surface area contributed by atoms with Crippen molar-refractivity contribution in [3.05, 3.63) is 135 Å². The predicted molar refractivity (Wildman–Crippen MR) is 170 cm³/mol. The van der Waals surface area contributed by atoms with Gasteiger partial charge in [-0.05, 0) is 53.8 Å². The number of hydrazone groups is 1. The second-order valence-electron chi connectivity index (χ2n) is 10.3. The van der Waals surface area contributed by atoms with Crippen molar-refractivity contribution in [1.29, 1.82) is 0 Å². The van der Waals surface area contributed by atoms with Gasteiger partial charge in [0.05, 0.1) is 35.5 Å². The number of amides is 2. The summed E-state index contributed by atoms with van der Waals surface area (Å²) in [5.74, 6) is -0.0787. The van der Waals surface area contributed by atoms with Gasteiger partial charge in [0.15, 0.2) is 11.0 Å². The van der Waals surface area contributed by atoms with Crippen LogP contribution in [0, 0.1) is 12.7 Å². The van der Waals surface area contributed by atoms with Gasteiger partial charge in [-0.1, -0.05) is 78.0 Å². The Hall–Kier alpha value is -4.61. The molecule has 11 heteroatoms. The maximum Gasteiger partial charge on any atom is 0.253 e. The molecule has 3 aromatic carbocycles. The zero-order valence-electron chi connectivity index (χ0n) is 23.9. The number of rotatable bonds is 10. The Morgan fingerprint density at radius 2 is 1.82 bits per heavy atom. The summed E-state index contributed by atoms with van der Waals surface area (Å²) in [4.78, 5) is 27.5. The van der Waals surface area contributed by atoms with Crippen LogP contribution in [-0.4, -0.2) is 43.1 Å². The minimum atomic E-state index is -0.338. The number of aromatic nitrogens is 3. The normalized spacial score (nSPS) is 14.5. The van der Waals surface area contributed by atoms with Crippen molar-refractivity contribution >= 4 is 40.6 Å². The molecule has 6 rings (SSSR count). The molecule has 0 fully saturated rings. The first-order chi connectivity index (χ1) is 21.4. The fourth-order valence-electron chi connectivity index (χ4n) is 5.00. The van der Waals surface area contributed by atoms with Gasteiger partial charge in [-0.25, -0.2) is 9.40 Å². The molecule has 0 saturated carbocycles. The zero-order valence-corrected chi connectivity index (χ0v) is 25.5. The summed E-state index contributed by atoms with van der Waals surface area (Å²) in [5, 5.41) is 20.5. The molecule has 5 aromatic rings. The number of halogens is 1. The molecule has 222 valence electrons. The standard InChI is InChI=1S/C33H29FN6O2S2/c1-22-7-5-10-25(17-22)32(42)35-19-30-36-37-33(39(30)20-23-8-3-2-4-9-23)44-21-31(41)40-28(24-12-14-26(34)15-13-24)18-27(38-40)29-11-6-16-43-29/h2-17,28H,18-21H2,1H3,(H,35,42)/t28-/m1/s1. The van der Waals surface area contributed by atoms with E-state index in [-0.39, 0.29) is 36.0 Å². The lowest BCUT2D eigenvalue weighted by Crippen LogP contribution is -2.28. The smallest absolute Gasteiger partial charge is 0.253 e. The van der Waals surface area contributed by atoms with Gasteiger partial charge in [0.1, 0.15) is 5.82 Å². The summed E-state index contributed by atoms with van der Waals surface area (Å²) in [6, 6.07) is 27.1. The van der Waals surface area contributed by atoms with E-state index in [1.165, 1.54) is 28.9 Å². The van der Waals surface area contributed by atoms with E-state index in [0.717, 1.165) is 27.3 Å². The summed E-state index contributed by atoms with van der Waals surface area (Å²) in [7, 11) is 0. The number of benzene rings is 3. The molecule has 44 heavy (non-hydrogen) atoms. The number of nitrogens with zero attached hydrogens (tertiary/aromatic N) is 5. The molecule has 2 amide bonds. The third-order valence-electron chi connectivity index (χ3n) is 7.22. The van der Waals surface area contributed by atoms with Gasteiger partial charge in [-0.3, -0.25) is 9.59 Å². The summed E-state index contributed by atoms with van der Waals surface area (Å²) in [6.45, 7) is 2.59. The van der Waals surface area contributed by atoms with Crippen molar-refractivity contribution in [2.45, 2.75) is 37.6 Å². The van der Waals surface area contributed by atoms with Crippen molar-refractivity contribution in [3.63, 3.8) is 0 Å². The Bertz CT molecular complexity index is 1790. The van der Waals surface area contributed by atoms with Gasteiger partial charge in [0, 0.05) is 12.0 Å². The highest BCUT2D eigenvalue weighted by molar-refractivity contribution is 7.99. The molecule has 0 unspecified atom stereocenters. The van der Waals surface area contributed by atoms with Crippen molar-refractivity contribution < 1.29 is 14.0 Å². The van der Waals surface area contributed by atoms with Gasteiger partial charge in [-0.2, -0.15) is 5.10 Å². The van der Waals surface area contributed by atoms with Crippen LogP contribution in [-0.2, 0) is 17.9 Å². The van der Waals surface area contributed by atoms with E-state index in [1.807, 2.05) is 77.5 Å². The summed E-state index contributed by atoms with van der Waals surface area (Å²) in [5.41, 5.74) is 4.25. The van der Waals surface area contributed by atoms with Crippen molar-refractivity contribution in [2.75, 3.05) is 5.75 Å². The molecule has 1 aliphatic rings. The van der Waals surface area contributed by atoms with E-state index in [4.69, 9.17) is 5.10 Å². The van der Waals surface area contributed by atoms with E-state index >= 15 is 0 Å². The highest BCUT2D eigenvalue weighted by Gasteiger charge is 2.33. The summed E-state index contributed by atoms with van der Waals surface area (Å²) >= 11 is 2.84. The monoisotopic (exact) mass is 624 g/mol. The molecule has 0 bridgehead atoms. The predicted octanol–water partition coefficient (Wildman–Crippen LogP) is 6.24. The molecule has 0 radical (unpaired) electrons. The second-order valence-corrected chi connectivity index (χ2v) is 12.2. The number of carbonyl (C=O) groups excluding carboxylic acids is 2. The van der Waals surface area contributed by atoms with Gasteiger partial charge in [0.2, 0.25) is 0 Å². The van der Waals surface area contributed by atoms with E-state index in [0.29, 0.717) is 29.5 Å². The second kappa shape index (κ2) is 13.4. The minimum Gasteiger partial charge on any atom is -0.345 e. The van der Waals surface area contributed by atoms with Crippen molar-refractivity contribution in [1.82, 2.24) is 25.1 Å². The minimum absolute atomic E-state index is 0.0709. The van der Waals surface area contributed by atoms with E-state index in [1.54, 1.807) is 29.5 Å². The van der Waals surface area contributed by atoms with Crippen LogP contribution in [0.2, 0.25) is 0 Å². The number of thioether (sulfide) groups is 1. The molecule has 0 spiro atoms. The fraction of sp³-hybridized carbons (Fsp3) is 0.182. The Balaban J connectivity index is 1.21. The topological polar surface area (TPSA) is 92.5 Å². The molecule has 0 aliphatic carbocycles. The molecule has 1 N–H and O–H groups in total. The third-order valence-corrected chi connectivity index (χ3v) is 9.09. The molecular formula is C33H29FN6O2S2. The van der Waals surface area contributed by atoms with Crippen LogP contribution >= 0.6 is 23.1 Å². The molecule has 1 aliphatic heterocycles. The number of nitrogens with one attached hydrogen (secondary N) is 1. The average Bonchev–Trinajstić information content (AvgIpc) is 3.80. The number of hydrogen-bond acceptors (Lipinski definition) is 7. The van der Waals surface area contributed by atoms with Crippen LogP contribution in [0.4, 0.5) is 4.39 Å². The third kappa shape index (κ3) is 6.79. The quantitative estimate of drug-likeness (QED) is 0.186. The van der Waals surface area contributed by atoms with Crippen molar-refractivity contribution in [3.8, 4) is 0 Å². The van der Waals surface area contributed by atoms with Crippen LogP contribution in [0.15, 0.2) is 107 Å². The van der Waals surface area contributed by atoms with E-state index in [2.05, 4.69) is 15.5 Å².